The van der Waals surface area contributed by atoms with Gasteiger partial charge in [0.05, 0.1) is 17.2 Å². The van der Waals surface area contributed by atoms with Crippen molar-refractivity contribution in [3.8, 4) is 5.75 Å². The molecule has 0 radical (unpaired) electrons. The number of benzene rings is 3. The first-order valence-corrected chi connectivity index (χ1v) is 15.9. The molecule has 0 heterocycles. The van der Waals surface area contributed by atoms with Crippen molar-refractivity contribution >= 4 is 55.1 Å². The summed E-state index contributed by atoms with van der Waals surface area (Å²) in [4.78, 5) is 28.5. The molecule has 0 saturated heterocycles. The maximum atomic E-state index is 14.0. The zero-order valence-electron chi connectivity index (χ0n) is 23.5. The molecule has 3 aromatic carbocycles. The molecule has 8 nitrogen and oxygen atoms in total. The Bertz CT molecular complexity index is 1440. The van der Waals surface area contributed by atoms with Crippen LogP contribution in [-0.4, -0.2) is 50.4 Å². The summed E-state index contributed by atoms with van der Waals surface area (Å²) in [7, 11) is -4.18. The topological polar surface area (TPSA) is 96.0 Å². The molecular weight excluding hydrogens is 630 g/mol. The van der Waals surface area contributed by atoms with Crippen molar-refractivity contribution in [2.45, 2.75) is 57.6 Å². The predicted molar refractivity (Wildman–Crippen MR) is 166 cm³/mol. The van der Waals surface area contributed by atoms with Crippen molar-refractivity contribution < 1.29 is 22.7 Å². The third-order valence-corrected chi connectivity index (χ3v) is 9.27. The lowest BCUT2D eigenvalue weighted by Crippen LogP contribution is -2.52. The summed E-state index contributed by atoms with van der Waals surface area (Å²) in [5, 5.41) is 3.35. The molecule has 0 aliphatic rings. The van der Waals surface area contributed by atoms with E-state index in [1.165, 1.54) is 17.0 Å². The van der Waals surface area contributed by atoms with Gasteiger partial charge in [0.15, 0.2) is 0 Å². The number of rotatable bonds is 13. The summed E-state index contributed by atoms with van der Waals surface area (Å²) in [5.41, 5.74) is 0.910. The van der Waals surface area contributed by atoms with Gasteiger partial charge >= 0.3 is 0 Å². The minimum absolute atomic E-state index is 0.0163. The summed E-state index contributed by atoms with van der Waals surface area (Å²) in [6.07, 6.45) is 0.716. The second-order valence-corrected chi connectivity index (χ2v) is 12.7. The van der Waals surface area contributed by atoms with Crippen molar-refractivity contribution in [2.75, 3.05) is 17.5 Å². The fraction of sp³-hybridized carbons (Fsp3) is 0.333. The van der Waals surface area contributed by atoms with E-state index in [1.54, 1.807) is 67.6 Å². The molecule has 0 fully saturated rings. The lowest BCUT2D eigenvalue weighted by atomic mass is 10.1. The van der Waals surface area contributed by atoms with Crippen LogP contribution in [0.5, 0.6) is 5.75 Å². The molecule has 0 spiro atoms. The van der Waals surface area contributed by atoms with Crippen LogP contribution in [-0.2, 0) is 26.2 Å². The van der Waals surface area contributed by atoms with Gasteiger partial charge in [-0.3, -0.25) is 13.9 Å². The normalized spacial score (nSPS) is 12.7. The number of amides is 2. The van der Waals surface area contributed by atoms with Crippen LogP contribution in [0.2, 0.25) is 5.02 Å². The highest BCUT2D eigenvalue weighted by atomic mass is 79.9. The number of carbonyl (C=O) groups is 2. The summed E-state index contributed by atoms with van der Waals surface area (Å²) >= 11 is 9.74. The largest absolute Gasteiger partial charge is 0.494 e. The summed E-state index contributed by atoms with van der Waals surface area (Å²) in [6, 6.07) is 18.7. The number of anilines is 1. The molecule has 0 bridgehead atoms. The zero-order chi connectivity index (χ0) is 30.2. The molecular formula is C30H35BrClN3O5S. The number of hydrogen-bond donors (Lipinski definition) is 1. The van der Waals surface area contributed by atoms with Gasteiger partial charge in [0, 0.05) is 22.1 Å². The van der Waals surface area contributed by atoms with E-state index in [0.29, 0.717) is 33.8 Å². The first kappa shape index (κ1) is 32.4. The number of carbonyl (C=O) groups excluding carboxylic acids is 2. The molecule has 0 aliphatic carbocycles. The van der Waals surface area contributed by atoms with E-state index in [1.807, 2.05) is 20.8 Å². The second kappa shape index (κ2) is 14.7. The van der Waals surface area contributed by atoms with Gasteiger partial charge in [-0.1, -0.05) is 52.7 Å². The van der Waals surface area contributed by atoms with E-state index in [-0.39, 0.29) is 29.1 Å². The Balaban J connectivity index is 2.04. The van der Waals surface area contributed by atoms with E-state index in [0.717, 1.165) is 4.31 Å². The van der Waals surface area contributed by atoms with Crippen LogP contribution in [0, 0.1) is 0 Å². The Morgan fingerprint density at radius 1 is 0.976 bits per heavy atom. The Hall–Kier alpha value is -3.08. The van der Waals surface area contributed by atoms with E-state index in [9.17, 15) is 18.0 Å². The molecule has 0 saturated carbocycles. The maximum Gasteiger partial charge on any atom is 0.264 e. The van der Waals surface area contributed by atoms with Gasteiger partial charge in [-0.15, -0.1) is 0 Å². The van der Waals surface area contributed by atoms with Crippen molar-refractivity contribution in [2.24, 2.45) is 0 Å². The fourth-order valence-corrected chi connectivity index (χ4v) is 5.87. The highest BCUT2D eigenvalue weighted by Gasteiger charge is 2.33. The lowest BCUT2D eigenvalue weighted by molar-refractivity contribution is -0.139. The molecule has 3 aromatic rings. The molecule has 0 aliphatic heterocycles. The Labute approximate surface area is 255 Å². The van der Waals surface area contributed by atoms with E-state index in [4.69, 9.17) is 16.3 Å². The number of sulfonamides is 1. The Morgan fingerprint density at radius 3 is 2.20 bits per heavy atom. The minimum atomic E-state index is -4.18. The van der Waals surface area contributed by atoms with Crippen molar-refractivity contribution in [1.82, 2.24) is 10.2 Å². The number of halogens is 2. The minimum Gasteiger partial charge on any atom is -0.494 e. The molecule has 1 N–H and O–H groups in total. The fourth-order valence-electron chi connectivity index (χ4n) is 4.00. The molecule has 0 aromatic heterocycles. The smallest absolute Gasteiger partial charge is 0.264 e. The van der Waals surface area contributed by atoms with Gasteiger partial charge in [0.25, 0.3) is 10.0 Å². The van der Waals surface area contributed by atoms with E-state index in [2.05, 4.69) is 21.2 Å². The molecule has 41 heavy (non-hydrogen) atoms. The van der Waals surface area contributed by atoms with Crippen LogP contribution in [0.25, 0.3) is 0 Å². The number of hydrogen-bond acceptors (Lipinski definition) is 5. The number of nitrogens with zero attached hydrogens (tertiary/aromatic N) is 2. The highest BCUT2D eigenvalue weighted by molar-refractivity contribution is 9.10. The van der Waals surface area contributed by atoms with E-state index < -0.39 is 28.5 Å². The number of ether oxygens (including phenoxy) is 1. The molecule has 2 amide bonds. The molecule has 220 valence electrons. The van der Waals surface area contributed by atoms with Crippen molar-refractivity contribution in [3.05, 3.63) is 87.9 Å². The standard InChI is InChI=1S/C30H35BrClN3O5S/c1-5-21(3)33-30(37)22(4)34(19-23-9-7-8-10-28(23)32)29(36)20-35(25-13-15-26(16-14-25)40-6-2)41(38,39)27-17-11-24(31)12-18-27/h7-18,21-22H,5-6,19-20H2,1-4H3,(H,33,37)/t21-,22+/m1/s1. The van der Waals surface area contributed by atoms with Gasteiger partial charge in [0.1, 0.15) is 18.3 Å². The first-order chi connectivity index (χ1) is 19.5. The number of nitrogens with one attached hydrogen (secondary N) is 1. The summed E-state index contributed by atoms with van der Waals surface area (Å²) < 4.78 is 35.1. The third kappa shape index (κ3) is 8.47. The van der Waals surface area contributed by atoms with Gasteiger partial charge in [-0.2, -0.15) is 0 Å². The maximum absolute atomic E-state index is 14.0. The molecule has 3 rings (SSSR count). The van der Waals surface area contributed by atoms with Crippen molar-refractivity contribution in [1.29, 1.82) is 0 Å². The van der Waals surface area contributed by atoms with Crippen LogP contribution < -0.4 is 14.4 Å². The molecule has 2 atom stereocenters. The van der Waals surface area contributed by atoms with Crippen LogP contribution in [0.3, 0.4) is 0 Å². The van der Waals surface area contributed by atoms with E-state index >= 15 is 0 Å². The van der Waals surface area contributed by atoms with Gasteiger partial charge in [0.2, 0.25) is 11.8 Å². The average molecular weight is 665 g/mol. The lowest BCUT2D eigenvalue weighted by Gasteiger charge is -2.32. The monoisotopic (exact) mass is 663 g/mol. The van der Waals surface area contributed by atoms with Gasteiger partial charge in [-0.25, -0.2) is 8.42 Å². The average Bonchev–Trinajstić information content (AvgIpc) is 2.95. The van der Waals surface area contributed by atoms with Gasteiger partial charge < -0.3 is 15.0 Å². The highest BCUT2D eigenvalue weighted by Crippen LogP contribution is 2.28. The Morgan fingerprint density at radius 2 is 1.61 bits per heavy atom. The van der Waals surface area contributed by atoms with Crippen LogP contribution >= 0.6 is 27.5 Å². The first-order valence-electron chi connectivity index (χ1n) is 13.3. The molecule has 11 heteroatoms. The third-order valence-electron chi connectivity index (χ3n) is 6.58. The zero-order valence-corrected chi connectivity index (χ0v) is 26.7. The Kier molecular flexibility index (Phi) is 11.6. The summed E-state index contributed by atoms with van der Waals surface area (Å²) in [5.74, 6) is -0.339. The predicted octanol–water partition coefficient (Wildman–Crippen LogP) is 6.03. The summed E-state index contributed by atoms with van der Waals surface area (Å²) in [6.45, 7) is 7.22. The van der Waals surface area contributed by atoms with Gasteiger partial charge in [-0.05, 0) is 87.4 Å². The second-order valence-electron chi connectivity index (χ2n) is 9.50. The van der Waals surface area contributed by atoms with Crippen LogP contribution in [0.1, 0.15) is 39.7 Å². The molecule has 0 unspecified atom stereocenters. The SMILES string of the molecule is CCOc1ccc(N(CC(=O)N(Cc2ccccc2Cl)[C@@H](C)C(=O)N[C@H](C)CC)S(=O)(=O)c2ccc(Br)cc2)cc1. The van der Waals surface area contributed by atoms with Crippen LogP contribution in [0.15, 0.2) is 82.2 Å². The van der Waals surface area contributed by atoms with Crippen LogP contribution in [0.4, 0.5) is 5.69 Å². The quantitative estimate of drug-likeness (QED) is 0.241. The van der Waals surface area contributed by atoms with Crippen molar-refractivity contribution in [3.63, 3.8) is 0 Å².